The molecule has 0 unspecified atom stereocenters. The molecule has 1 saturated carbocycles. The lowest BCUT2D eigenvalue weighted by Gasteiger charge is -2.47. The Labute approximate surface area is 217 Å². The first-order valence-electron chi connectivity index (χ1n) is 13.3. The lowest BCUT2D eigenvalue weighted by molar-refractivity contribution is 0.0105. The van der Waals surface area contributed by atoms with Gasteiger partial charge in [0.05, 0.1) is 24.4 Å². The Morgan fingerprint density at radius 1 is 1.05 bits per heavy atom. The molecule has 2 amide bonds. The fourth-order valence-corrected chi connectivity index (χ4v) is 6.32. The largest absolute Gasteiger partial charge is 0.379 e. The number of aryl methyl sites for hydroxylation is 1. The SMILES string of the molecule is Cc1ccc(N2CC(N3CCOCC3)C2)cc1C(=O)NC1(c2ccc3c4c(cccc24)C(=O)N3C)CC1. The van der Waals surface area contributed by atoms with E-state index in [0.29, 0.717) is 6.04 Å². The summed E-state index contributed by atoms with van der Waals surface area (Å²) in [7, 11) is 1.82. The van der Waals surface area contributed by atoms with E-state index in [0.717, 1.165) is 96.6 Å². The topological polar surface area (TPSA) is 65.1 Å². The summed E-state index contributed by atoms with van der Waals surface area (Å²) in [5.74, 6) is -0.000485. The average Bonchev–Trinajstić information content (AvgIpc) is 3.62. The highest BCUT2D eigenvalue weighted by Gasteiger charge is 2.47. The third-order valence-electron chi connectivity index (χ3n) is 8.79. The summed E-state index contributed by atoms with van der Waals surface area (Å²) in [5.41, 5.74) is 5.22. The monoisotopic (exact) mass is 496 g/mol. The van der Waals surface area contributed by atoms with Crippen molar-refractivity contribution in [2.45, 2.75) is 31.3 Å². The number of nitrogens with one attached hydrogen (secondary N) is 1. The quantitative estimate of drug-likeness (QED) is 0.584. The van der Waals surface area contributed by atoms with Gasteiger partial charge in [0.1, 0.15) is 0 Å². The van der Waals surface area contributed by atoms with Gasteiger partial charge in [-0.2, -0.15) is 0 Å². The van der Waals surface area contributed by atoms with E-state index >= 15 is 0 Å². The van der Waals surface area contributed by atoms with Crippen LogP contribution in [0, 0.1) is 6.92 Å². The minimum atomic E-state index is -0.390. The summed E-state index contributed by atoms with van der Waals surface area (Å²) in [6.07, 6.45) is 1.79. The molecular formula is C30H32N4O3. The Bertz CT molecular complexity index is 1430. The van der Waals surface area contributed by atoms with E-state index in [2.05, 4.69) is 45.4 Å². The molecule has 3 aromatic rings. The zero-order valence-electron chi connectivity index (χ0n) is 21.4. The number of amides is 2. The molecule has 3 aromatic carbocycles. The third-order valence-corrected chi connectivity index (χ3v) is 8.79. The fourth-order valence-electron chi connectivity index (χ4n) is 6.32. The molecule has 3 aliphatic heterocycles. The van der Waals surface area contributed by atoms with Crippen molar-refractivity contribution in [3.63, 3.8) is 0 Å². The van der Waals surface area contributed by atoms with E-state index in [-0.39, 0.29) is 17.4 Å². The van der Waals surface area contributed by atoms with Crippen LogP contribution in [0.4, 0.5) is 11.4 Å². The molecule has 0 spiro atoms. The van der Waals surface area contributed by atoms with Crippen molar-refractivity contribution in [2.24, 2.45) is 0 Å². The molecule has 190 valence electrons. The van der Waals surface area contributed by atoms with E-state index < -0.39 is 0 Å². The predicted octanol–water partition coefficient (Wildman–Crippen LogP) is 3.68. The van der Waals surface area contributed by atoms with Crippen LogP contribution in [0.1, 0.15) is 44.7 Å². The normalized spacial score (nSPS) is 20.9. The van der Waals surface area contributed by atoms with Crippen molar-refractivity contribution in [1.29, 1.82) is 0 Å². The molecule has 4 aliphatic rings. The predicted molar refractivity (Wildman–Crippen MR) is 145 cm³/mol. The zero-order valence-corrected chi connectivity index (χ0v) is 21.4. The van der Waals surface area contributed by atoms with Crippen molar-refractivity contribution < 1.29 is 14.3 Å². The van der Waals surface area contributed by atoms with E-state index in [1.165, 1.54) is 0 Å². The maximum Gasteiger partial charge on any atom is 0.258 e. The number of benzene rings is 3. The second-order valence-corrected chi connectivity index (χ2v) is 11.0. The molecule has 0 radical (unpaired) electrons. The Morgan fingerprint density at radius 3 is 2.59 bits per heavy atom. The van der Waals surface area contributed by atoms with Gasteiger partial charge in [-0.05, 0) is 60.5 Å². The highest BCUT2D eigenvalue weighted by Crippen LogP contribution is 2.50. The lowest BCUT2D eigenvalue weighted by Crippen LogP contribution is -2.61. The van der Waals surface area contributed by atoms with Gasteiger partial charge in [-0.15, -0.1) is 0 Å². The lowest BCUT2D eigenvalue weighted by atomic mass is 9.94. The minimum absolute atomic E-state index is 0.0286. The van der Waals surface area contributed by atoms with Gasteiger partial charge in [-0.25, -0.2) is 0 Å². The smallest absolute Gasteiger partial charge is 0.258 e. The highest BCUT2D eigenvalue weighted by atomic mass is 16.5. The number of nitrogens with zero attached hydrogens (tertiary/aromatic N) is 3. The number of carbonyl (C=O) groups excluding carboxylic acids is 2. The van der Waals surface area contributed by atoms with Crippen LogP contribution in [0.2, 0.25) is 0 Å². The van der Waals surface area contributed by atoms with Crippen LogP contribution in [0.25, 0.3) is 10.8 Å². The first-order chi connectivity index (χ1) is 17.9. The standard InChI is InChI=1S/C30H32N4O3/c1-19-6-7-20(34-17-21(18-34)33-12-14-37-15-13-33)16-24(19)28(35)31-30(10-11-30)25-8-9-26-27-22(25)4-3-5-23(27)29(36)32(26)2/h3-9,16,21H,10-15,17-18H2,1-2H3,(H,31,35). The average molecular weight is 497 g/mol. The van der Waals surface area contributed by atoms with Crippen LogP contribution < -0.4 is 15.1 Å². The number of rotatable bonds is 5. The van der Waals surface area contributed by atoms with Crippen molar-refractivity contribution in [2.75, 3.05) is 56.2 Å². The van der Waals surface area contributed by atoms with Gasteiger partial charge >= 0.3 is 0 Å². The van der Waals surface area contributed by atoms with Gasteiger partial charge in [-0.1, -0.05) is 24.3 Å². The molecule has 0 bridgehead atoms. The van der Waals surface area contributed by atoms with Gasteiger partial charge in [0, 0.05) is 61.5 Å². The first-order valence-corrected chi connectivity index (χ1v) is 13.3. The molecule has 1 aliphatic carbocycles. The number of carbonyl (C=O) groups is 2. The van der Waals surface area contributed by atoms with E-state index in [4.69, 9.17) is 4.74 Å². The summed E-state index contributed by atoms with van der Waals surface area (Å²) in [4.78, 5) is 33.0. The minimum Gasteiger partial charge on any atom is -0.379 e. The van der Waals surface area contributed by atoms with Gasteiger partial charge in [0.15, 0.2) is 0 Å². The molecule has 3 heterocycles. The second kappa shape index (κ2) is 8.30. The number of hydrogen-bond donors (Lipinski definition) is 1. The van der Waals surface area contributed by atoms with E-state index in [1.54, 1.807) is 4.90 Å². The van der Waals surface area contributed by atoms with Crippen molar-refractivity contribution in [1.82, 2.24) is 10.2 Å². The molecule has 0 aromatic heterocycles. The fraction of sp³-hybridized carbons (Fsp3) is 0.400. The first kappa shape index (κ1) is 22.8. The molecule has 7 rings (SSSR count). The Hall–Kier alpha value is -3.42. The Balaban J connectivity index is 1.13. The molecule has 7 heteroatoms. The number of morpholine rings is 1. The Morgan fingerprint density at radius 2 is 1.84 bits per heavy atom. The molecule has 3 fully saturated rings. The summed E-state index contributed by atoms with van der Waals surface area (Å²) in [5, 5.41) is 5.46. The van der Waals surface area contributed by atoms with Crippen LogP contribution in [0.3, 0.4) is 0 Å². The Kier molecular flexibility index (Phi) is 5.10. The van der Waals surface area contributed by atoms with E-state index in [1.807, 2.05) is 32.2 Å². The molecule has 2 saturated heterocycles. The van der Waals surface area contributed by atoms with Gasteiger partial charge < -0.3 is 19.9 Å². The molecular weight excluding hydrogens is 464 g/mol. The summed E-state index contributed by atoms with van der Waals surface area (Å²) >= 11 is 0. The third kappa shape index (κ3) is 3.55. The number of anilines is 2. The number of ether oxygens (including phenoxy) is 1. The van der Waals surface area contributed by atoms with Crippen LogP contribution in [-0.4, -0.2) is 69.2 Å². The van der Waals surface area contributed by atoms with Crippen LogP contribution >= 0.6 is 0 Å². The number of hydrogen-bond acceptors (Lipinski definition) is 5. The van der Waals surface area contributed by atoms with Crippen LogP contribution in [0.15, 0.2) is 48.5 Å². The van der Waals surface area contributed by atoms with Gasteiger partial charge in [0.25, 0.3) is 11.8 Å². The zero-order chi connectivity index (χ0) is 25.3. The van der Waals surface area contributed by atoms with Crippen molar-refractivity contribution >= 4 is 34.0 Å². The van der Waals surface area contributed by atoms with Gasteiger partial charge in [0.2, 0.25) is 0 Å². The summed E-state index contributed by atoms with van der Waals surface area (Å²) in [6.45, 7) is 7.63. The summed E-state index contributed by atoms with van der Waals surface area (Å²) in [6, 6.07) is 16.9. The van der Waals surface area contributed by atoms with Crippen molar-refractivity contribution in [3.8, 4) is 0 Å². The molecule has 0 atom stereocenters. The van der Waals surface area contributed by atoms with Crippen LogP contribution in [-0.2, 0) is 10.3 Å². The van der Waals surface area contributed by atoms with Gasteiger partial charge in [-0.3, -0.25) is 14.5 Å². The molecule has 1 N–H and O–H groups in total. The maximum absolute atomic E-state index is 13.7. The summed E-state index contributed by atoms with van der Waals surface area (Å²) < 4.78 is 5.49. The van der Waals surface area contributed by atoms with Crippen molar-refractivity contribution in [3.05, 3.63) is 70.8 Å². The highest BCUT2D eigenvalue weighted by molar-refractivity contribution is 6.25. The maximum atomic E-state index is 13.7. The van der Waals surface area contributed by atoms with E-state index in [9.17, 15) is 9.59 Å². The second-order valence-electron chi connectivity index (χ2n) is 11.0. The van der Waals surface area contributed by atoms with Crippen LogP contribution in [0.5, 0.6) is 0 Å². The molecule has 37 heavy (non-hydrogen) atoms. The molecule has 7 nitrogen and oxygen atoms in total.